The zero-order valence-electron chi connectivity index (χ0n) is 10.2. The molecule has 4 nitrogen and oxygen atoms in total. The molecule has 1 N–H and O–H groups in total. The van der Waals surface area contributed by atoms with Crippen molar-refractivity contribution in [3.63, 3.8) is 0 Å². The Balaban J connectivity index is 2.50. The number of hydrogen-bond acceptors (Lipinski definition) is 3. The summed E-state index contributed by atoms with van der Waals surface area (Å²) >= 11 is 0. The molecule has 1 aromatic carbocycles. The van der Waals surface area contributed by atoms with Crippen LogP contribution in [0.15, 0.2) is 36.4 Å². The van der Waals surface area contributed by atoms with Crippen molar-refractivity contribution in [2.45, 2.75) is 25.9 Å². The van der Waals surface area contributed by atoms with Gasteiger partial charge in [-0.2, -0.15) is 0 Å². The highest BCUT2D eigenvalue weighted by atomic mass is 16.5. The number of benzene rings is 1. The van der Waals surface area contributed by atoms with Crippen LogP contribution in [0, 0.1) is 0 Å². The van der Waals surface area contributed by atoms with E-state index in [1.165, 1.54) is 6.08 Å². The fraction of sp³-hybridized carbons (Fsp3) is 0.286. The van der Waals surface area contributed by atoms with E-state index in [2.05, 4.69) is 0 Å². The van der Waals surface area contributed by atoms with Crippen molar-refractivity contribution < 1.29 is 19.4 Å². The monoisotopic (exact) mass is 248 g/mol. The Morgan fingerprint density at radius 2 is 2.00 bits per heavy atom. The Labute approximate surface area is 106 Å². The molecule has 4 heteroatoms. The maximum atomic E-state index is 11.5. The molecule has 0 bridgehead atoms. The van der Waals surface area contributed by atoms with Crippen LogP contribution in [0.2, 0.25) is 0 Å². The first kappa shape index (κ1) is 14.0. The highest BCUT2D eigenvalue weighted by molar-refractivity contribution is 5.87. The molecule has 0 fully saturated rings. The highest BCUT2D eigenvalue weighted by Gasteiger charge is 2.14. The van der Waals surface area contributed by atoms with Crippen molar-refractivity contribution in [1.29, 1.82) is 0 Å². The fourth-order valence-electron chi connectivity index (χ4n) is 1.40. The molecule has 1 unspecified atom stereocenters. The SMILES string of the molecule is CCC(CC(=O)O)OC(=O)C=Cc1ccccc1. The lowest BCUT2D eigenvalue weighted by Gasteiger charge is -2.12. The lowest BCUT2D eigenvalue weighted by Crippen LogP contribution is -2.19. The van der Waals surface area contributed by atoms with Gasteiger partial charge in [0.1, 0.15) is 6.10 Å². The average molecular weight is 248 g/mol. The molecule has 96 valence electrons. The molecule has 0 aliphatic carbocycles. The molecule has 0 saturated heterocycles. The van der Waals surface area contributed by atoms with Crippen molar-refractivity contribution in [2.24, 2.45) is 0 Å². The second-order valence-corrected chi connectivity index (χ2v) is 3.81. The minimum absolute atomic E-state index is 0.165. The zero-order chi connectivity index (χ0) is 13.4. The van der Waals surface area contributed by atoms with Crippen LogP contribution in [0.4, 0.5) is 0 Å². The first-order valence-electron chi connectivity index (χ1n) is 5.77. The van der Waals surface area contributed by atoms with Crippen LogP contribution in [0.3, 0.4) is 0 Å². The maximum absolute atomic E-state index is 11.5. The van der Waals surface area contributed by atoms with E-state index in [1.54, 1.807) is 13.0 Å². The van der Waals surface area contributed by atoms with Crippen molar-refractivity contribution in [2.75, 3.05) is 0 Å². The third-order valence-electron chi connectivity index (χ3n) is 2.35. The van der Waals surface area contributed by atoms with Crippen LogP contribution in [0.5, 0.6) is 0 Å². The Kier molecular flexibility index (Phi) is 5.64. The molecule has 0 radical (unpaired) electrons. The van der Waals surface area contributed by atoms with Crippen LogP contribution in [-0.2, 0) is 14.3 Å². The molecular formula is C14H16O4. The lowest BCUT2D eigenvalue weighted by molar-refractivity contribution is -0.148. The normalized spacial score (nSPS) is 12.3. The molecule has 0 aliphatic rings. The number of carboxylic acid groups (broad SMARTS) is 1. The molecular weight excluding hydrogens is 232 g/mol. The average Bonchev–Trinajstić information content (AvgIpc) is 2.36. The van der Waals surface area contributed by atoms with Gasteiger partial charge in [0, 0.05) is 6.08 Å². The van der Waals surface area contributed by atoms with E-state index in [0.29, 0.717) is 6.42 Å². The van der Waals surface area contributed by atoms with Gasteiger partial charge >= 0.3 is 11.9 Å². The van der Waals surface area contributed by atoms with Crippen LogP contribution in [0.1, 0.15) is 25.3 Å². The van der Waals surface area contributed by atoms with Gasteiger partial charge < -0.3 is 9.84 Å². The van der Waals surface area contributed by atoms with E-state index in [0.717, 1.165) is 5.56 Å². The number of esters is 1. The largest absolute Gasteiger partial charge is 0.481 e. The van der Waals surface area contributed by atoms with E-state index in [1.807, 2.05) is 30.3 Å². The molecule has 1 rings (SSSR count). The maximum Gasteiger partial charge on any atom is 0.331 e. The predicted octanol–water partition coefficient (Wildman–Crippen LogP) is 2.50. The van der Waals surface area contributed by atoms with E-state index >= 15 is 0 Å². The summed E-state index contributed by atoms with van der Waals surface area (Å²) in [5, 5.41) is 8.63. The Morgan fingerprint density at radius 3 is 2.56 bits per heavy atom. The number of rotatable bonds is 6. The number of carbonyl (C=O) groups is 2. The van der Waals surface area contributed by atoms with Crippen LogP contribution in [0.25, 0.3) is 6.08 Å². The fourth-order valence-corrected chi connectivity index (χ4v) is 1.40. The third kappa shape index (κ3) is 5.30. The smallest absolute Gasteiger partial charge is 0.331 e. The topological polar surface area (TPSA) is 63.6 Å². The van der Waals surface area contributed by atoms with Gasteiger partial charge in [-0.25, -0.2) is 4.79 Å². The number of hydrogen-bond donors (Lipinski definition) is 1. The third-order valence-corrected chi connectivity index (χ3v) is 2.35. The van der Waals surface area contributed by atoms with Crippen molar-refractivity contribution in [1.82, 2.24) is 0 Å². The molecule has 0 saturated carbocycles. The second-order valence-electron chi connectivity index (χ2n) is 3.81. The summed E-state index contributed by atoms with van der Waals surface area (Å²) in [6, 6.07) is 9.33. The first-order valence-corrected chi connectivity index (χ1v) is 5.77. The molecule has 0 spiro atoms. The standard InChI is InChI=1S/C14H16O4/c1-2-12(10-13(15)16)18-14(17)9-8-11-6-4-3-5-7-11/h3-9,12H,2,10H2,1H3,(H,15,16). The van der Waals surface area contributed by atoms with Gasteiger partial charge in [0.15, 0.2) is 0 Å². The van der Waals surface area contributed by atoms with Gasteiger partial charge in [0.2, 0.25) is 0 Å². The summed E-state index contributed by atoms with van der Waals surface area (Å²) in [4.78, 5) is 22.0. The molecule has 0 heterocycles. The Hall–Kier alpha value is -2.10. The molecule has 1 atom stereocenters. The molecule has 0 amide bonds. The number of aliphatic carboxylic acids is 1. The van der Waals surface area contributed by atoms with Gasteiger partial charge in [0.25, 0.3) is 0 Å². The summed E-state index contributed by atoms with van der Waals surface area (Å²) in [5.41, 5.74) is 0.890. The van der Waals surface area contributed by atoms with E-state index in [9.17, 15) is 9.59 Å². The summed E-state index contributed by atoms with van der Waals surface area (Å²) in [5.74, 6) is -1.49. The molecule has 0 aromatic heterocycles. The van der Waals surface area contributed by atoms with Gasteiger partial charge in [-0.05, 0) is 18.1 Å². The number of carboxylic acids is 1. The molecule has 1 aromatic rings. The predicted molar refractivity (Wildman–Crippen MR) is 67.9 cm³/mol. The van der Waals surface area contributed by atoms with Gasteiger partial charge in [-0.15, -0.1) is 0 Å². The Morgan fingerprint density at radius 1 is 1.33 bits per heavy atom. The second kappa shape index (κ2) is 7.27. The Bertz CT molecular complexity index is 423. The first-order chi connectivity index (χ1) is 8.61. The van der Waals surface area contributed by atoms with Gasteiger partial charge in [0.05, 0.1) is 6.42 Å². The van der Waals surface area contributed by atoms with Crippen LogP contribution < -0.4 is 0 Å². The number of ether oxygens (including phenoxy) is 1. The van der Waals surface area contributed by atoms with E-state index in [4.69, 9.17) is 9.84 Å². The quantitative estimate of drug-likeness (QED) is 0.620. The summed E-state index contributed by atoms with van der Waals surface area (Å²) < 4.78 is 5.03. The van der Waals surface area contributed by atoms with Crippen LogP contribution in [-0.4, -0.2) is 23.1 Å². The molecule has 0 aliphatic heterocycles. The van der Waals surface area contributed by atoms with E-state index in [-0.39, 0.29) is 6.42 Å². The lowest BCUT2D eigenvalue weighted by atomic mass is 10.2. The van der Waals surface area contributed by atoms with Crippen molar-refractivity contribution >= 4 is 18.0 Å². The van der Waals surface area contributed by atoms with Crippen molar-refractivity contribution in [3.8, 4) is 0 Å². The summed E-state index contributed by atoms with van der Waals surface area (Å²) in [6.45, 7) is 1.78. The summed E-state index contributed by atoms with van der Waals surface area (Å²) in [7, 11) is 0. The minimum atomic E-state index is -0.971. The number of carbonyl (C=O) groups excluding carboxylic acids is 1. The van der Waals surface area contributed by atoms with E-state index < -0.39 is 18.0 Å². The minimum Gasteiger partial charge on any atom is -0.481 e. The molecule has 18 heavy (non-hydrogen) atoms. The highest BCUT2D eigenvalue weighted by Crippen LogP contribution is 2.06. The van der Waals surface area contributed by atoms with Crippen molar-refractivity contribution in [3.05, 3.63) is 42.0 Å². The van der Waals surface area contributed by atoms with Gasteiger partial charge in [-0.3, -0.25) is 4.79 Å². The zero-order valence-corrected chi connectivity index (χ0v) is 10.2. The van der Waals surface area contributed by atoms with Gasteiger partial charge in [-0.1, -0.05) is 37.3 Å². The van der Waals surface area contributed by atoms with Crippen LogP contribution >= 0.6 is 0 Å². The summed E-state index contributed by atoms with van der Waals surface area (Å²) in [6.07, 6.45) is 2.68.